The molecule has 1 aromatic carbocycles. The number of nitrogens with one attached hydrogen (secondary N) is 2. The molecule has 1 fully saturated rings. The molecule has 0 aromatic heterocycles. The molecule has 1 aliphatic carbocycles. The minimum Gasteiger partial charge on any atom is -0.352 e. The third-order valence-electron chi connectivity index (χ3n) is 3.73. The molecule has 2 atom stereocenters. The number of benzene rings is 1. The maximum Gasteiger partial charge on any atom is 0.238 e. The molecule has 0 bridgehead atoms. The summed E-state index contributed by atoms with van der Waals surface area (Å²) in [5.41, 5.74) is 2.83. The van der Waals surface area contributed by atoms with Crippen LogP contribution in [0, 0.1) is 0 Å². The summed E-state index contributed by atoms with van der Waals surface area (Å²) in [4.78, 5) is 12.0. The quantitative estimate of drug-likeness (QED) is 0.874. The van der Waals surface area contributed by atoms with Crippen molar-refractivity contribution in [2.45, 2.75) is 31.3 Å². The predicted octanol–water partition coefficient (Wildman–Crippen LogP) is 1.74. The highest BCUT2D eigenvalue weighted by Crippen LogP contribution is 2.21. The number of aryl methyl sites for hydroxylation is 1. The Hall–Kier alpha value is -0.710. The molecule has 3 nitrogen and oxygen atoms in total. The number of halogens is 1. The lowest BCUT2D eigenvalue weighted by Gasteiger charge is -2.26. The van der Waals surface area contributed by atoms with E-state index in [1.165, 1.54) is 11.1 Å². The Kier molecular flexibility index (Phi) is 5.13. The van der Waals surface area contributed by atoms with Gasteiger partial charge in [0, 0.05) is 17.7 Å². The maximum absolute atomic E-state index is 12.0. The lowest BCUT2D eigenvalue weighted by Crippen LogP contribution is -2.48. The normalized spacial score (nSPS) is 25.3. The average molecular weight is 299 g/mol. The number of amides is 1. The van der Waals surface area contributed by atoms with Crippen molar-refractivity contribution in [3.63, 3.8) is 0 Å². The van der Waals surface area contributed by atoms with Crippen molar-refractivity contribution in [2.75, 3.05) is 11.6 Å². The number of thioether (sulfide) groups is 1. The summed E-state index contributed by atoms with van der Waals surface area (Å²) in [6, 6.07) is 8.86. The first kappa shape index (κ1) is 14.7. The van der Waals surface area contributed by atoms with E-state index in [4.69, 9.17) is 0 Å². The van der Waals surface area contributed by atoms with Crippen molar-refractivity contribution in [3.05, 3.63) is 35.4 Å². The van der Waals surface area contributed by atoms with Gasteiger partial charge in [-0.05, 0) is 30.4 Å². The zero-order valence-electron chi connectivity index (χ0n) is 10.7. The highest BCUT2D eigenvalue weighted by atomic mass is 35.5. The van der Waals surface area contributed by atoms with Crippen molar-refractivity contribution >= 4 is 30.1 Å². The molecule has 1 aromatic rings. The monoisotopic (exact) mass is 298 g/mol. The van der Waals surface area contributed by atoms with Gasteiger partial charge in [0.05, 0.1) is 6.04 Å². The van der Waals surface area contributed by atoms with Crippen molar-refractivity contribution < 1.29 is 4.79 Å². The van der Waals surface area contributed by atoms with E-state index >= 15 is 0 Å². The smallest absolute Gasteiger partial charge is 0.238 e. The van der Waals surface area contributed by atoms with Crippen LogP contribution in [0.4, 0.5) is 0 Å². The zero-order chi connectivity index (χ0) is 12.4. The van der Waals surface area contributed by atoms with Crippen LogP contribution in [0.5, 0.6) is 0 Å². The highest BCUT2D eigenvalue weighted by molar-refractivity contribution is 7.99. The SMILES string of the molecule is Cl.O=C(NC1CCc2ccccc2C1)C1CSCN1. The van der Waals surface area contributed by atoms with Gasteiger partial charge >= 0.3 is 0 Å². The van der Waals surface area contributed by atoms with Crippen LogP contribution in [0.1, 0.15) is 17.5 Å². The van der Waals surface area contributed by atoms with Gasteiger partial charge in [-0.3, -0.25) is 10.1 Å². The predicted molar refractivity (Wildman–Crippen MR) is 81.9 cm³/mol. The Labute approximate surface area is 124 Å². The van der Waals surface area contributed by atoms with Gasteiger partial charge in [0.2, 0.25) is 5.91 Å². The maximum atomic E-state index is 12.0. The first-order valence-corrected chi connectivity index (χ1v) is 7.66. The van der Waals surface area contributed by atoms with E-state index in [9.17, 15) is 4.79 Å². The van der Waals surface area contributed by atoms with Gasteiger partial charge in [-0.1, -0.05) is 24.3 Å². The van der Waals surface area contributed by atoms with E-state index in [1.54, 1.807) is 11.8 Å². The molecular weight excluding hydrogens is 280 g/mol. The number of carbonyl (C=O) groups is 1. The van der Waals surface area contributed by atoms with Gasteiger partial charge in [0.25, 0.3) is 0 Å². The van der Waals surface area contributed by atoms with Crippen LogP contribution in [0.2, 0.25) is 0 Å². The summed E-state index contributed by atoms with van der Waals surface area (Å²) in [6.45, 7) is 0. The number of hydrogen-bond donors (Lipinski definition) is 2. The van der Waals surface area contributed by atoms with Crippen molar-refractivity contribution in [3.8, 4) is 0 Å². The number of hydrogen-bond acceptors (Lipinski definition) is 3. The third kappa shape index (κ3) is 3.44. The lowest BCUT2D eigenvalue weighted by molar-refractivity contribution is -0.123. The van der Waals surface area contributed by atoms with Gasteiger partial charge < -0.3 is 5.32 Å². The second kappa shape index (κ2) is 6.64. The van der Waals surface area contributed by atoms with Gasteiger partial charge in [-0.25, -0.2) is 0 Å². The Morgan fingerprint density at radius 1 is 1.32 bits per heavy atom. The Bertz CT molecular complexity index is 449. The van der Waals surface area contributed by atoms with E-state index in [1.807, 2.05) is 0 Å². The minimum atomic E-state index is 0. The first-order chi connectivity index (χ1) is 8.83. The fraction of sp³-hybridized carbons (Fsp3) is 0.500. The molecule has 1 saturated heterocycles. The summed E-state index contributed by atoms with van der Waals surface area (Å²) >= 11 is 1.79. The molecule has 19 heavy (non-hydrogen) atoms. The largest absolute Gasteiger partial charge is 0.352 e. The summed E-state index contributed by atoms with van der Waals surface area (Å²) < 4.78 is 0. The average Bonchev–Trinajstić information content (AvgIpc) is 2.92. The molecule has 2 unspecified atom stereocenters. The molecular formula is C14H19ClN2OS. The molecule has 1 heterocycles. The fourth-order valence-electron chi connectivity index (χ4n) is 2.69. The van der Waals surface area contributed by atoms with Crippen LogP contribution < -0.4 is 10.6 Å². The topological polar surface area (TPSA) is 41.1 Å². The summed E-state index contributed by atoms with van der Waals surface area (Å²) in [5, 5.41) is 6.40. The van der Waals surface area contributed by atoms with Crippen LogP contribution >= 0.6 is 24.2 Å². The van der Waals surface area contributed by atoms with Crippen LogP contribution in [0.15, 0.2) is 24.3 Å². The summed E-state index contributed by atoms with van der Waals surface area (Å²) in [7, 11) is 0. The molecule has 0 radical (unpaired) electrons. The van der Waals surface area contributed by atoms with Crippen molar-refractivity contribution in [1.29, 1.82) is 0 Å². The molecule has 5 heteroatoms. The molecule has 0 spiro atoms. The van der Waals surface area contributed by atoms with Crippen molar-refractivity contribution in [1.82, 2.24) is 10.6 Å². The number of rotatable bonds is 2. The van der Waals surface area contributed by atoms with Gasteiger partial charge in [-0.15, -0.1) is 24.2 Å². The molecule has 3 rings (SSSR count). The van der Waals surface area contributed by atoms with Gasteiger partial charge in [0.15, 0.2) is 0 Å². The number of fused-ring (bicyclic) bond motifs is 1. The first-order valence-electron chi connectivity index (χ1n) is 6.51. The molecule has 1 aliphatic heterocycles. The van der Waals surface area contributed by atoms with Crippen LogP contribution in [0.3, 0.4) is 0 Å². The van der Waals surface area contributed by atoms with E-state index in [0.717, 1.165) is 30.9 Å². The standard InChI is InChI=1S/C14H18N2OS.ClH/c17-14(13-8-18-9-15-13)16-12-6-5-10-3-1-2-4-11(10)7-12;/h1-4,12-13,15H,5-9H2,(H,16,17);1H. The Balaban J connectivity index is 0.00000133. The van der Waals surface area contributed by atoms with E-state index in [0.29, 0.717) is 6.04 Å². The van der Waals surface area contributed by atoms with Crippen LogP contribution in [-0.2, 0) is 17.6 Å². The fourth-order valence-corrected chi connectivity index (χ4v) is 3.63. The van der Waals surface area contributed by atoms with Gasteiger partial charge in [-0.2, -0.15) is 0 Å². The van der Waals surface area contributed by atoms with E-state index in [2.05, 4.69) is 34.9 Å². The van der Waals surface area contributed by atoms with Crippen LogP contribution in [0.25, 0.3) is 0 Å². The lowest BCUT2D eigenvalue weighted by atomic mass is 9.88. The second-order valence-corrected chi connectivity index (χ2v) is 6.02. The van der Waals surface area contributed by atoms with Crippen LogP contribution in [-0.4, -0.2) is 29.6 Å². The van der Waals surface area contributed by atoms with E-state index < -0.39 is 0 Å². The second-order valence-electron chi connectivity index (χ2n) is 4.99. The van der Waals surface area contributed by atoms with Crippen molar-refractivity contribution in [2.24, 2.45) is 0 Å². The molecule has 2 N–H and O–H groups in total. The van der Waals surface area contributed by atoms with Gasteiger partial charge in [0.1, 0.15) is 0 Å². The highest BCUT2D eigenvalue weighted by Gasteiger charge is 2.26. The third-order valence-corrected chi connectivity index (χ3v) is 4.67. The molecule has 0 saturated carbocycles. The minimum absolute atomic E-state index is 0. The summed E-state index contributed by atoms with van der Waals surface area (Å²) in [5.74, 6) is 1.96. The molecule has 2 aliphatic rings. The zero-order valence-corrected chi connectivity index (χ0v) is 12.4. The molecule has 1 amide bonds. The Morgan fingerprint density at radius 3 is 2.84 bits per heavy atom. The number of carbonyl (C=O) groups excluding carboxylic acids is 1. The Morgan fingerprint density at radius 2 is 2.11 bits per heavy atom. The summed E-state index contributed by atoms with van der Waals surface area (Å²) in [6.07, 6.45) is 3.11. The molecule has 104 valence electrons. The van der Waals surface area contributed by atoms with E-state index in [-0.39, 0.29) is 24.4 Å².